The Labute approximate surface area is 160 Å². The molecule has 0 saturated carbocycles. The third kappa shape index (κ3) is 3.04. The van der Waals surface area contributed by atoms with Crippen molar-refractivity contribution in [3.63, 3.8) is 0 Å². The summed E-state index contributed by atoms with van der Waals surface area (Å²) in [6, 6.07) is 7.19. The highest BCUT2D eigenvalue weighted by Gasteiger charge is 2.17. The SMILES string of the molecule is Cc1cc(C(=O)NCCCn2nc3ccccn3c2=O)c2c(C)nn(C)c2n1. The predicted molar refractivity (Wildman–Crippen MR) is 104 cm³/mol. The molecule has 144 valence electrons. The summed E-state index contributed by atoms with van der Waals surface area (Å²) in [5.41, 5.74) is 3.22. The molecule has 0 saturated heterocycles. The first-order valence-electron chi connectivity index (χ1n) is 9.09. The molecule has 9 heteroatoms. The van der Waals surface area contributed by atoms with Crippen molar-refractivity contribution in [3.8, 4) is 0 Å². The van der Waals surface area contributed by atoms with Crippen LogP contribution in [0.5, 0.6) is 0 Å². The molecular formula is C19H21N7O2. The van der Waals surface area contributed by atoms with Gasteiger partial charge in [-0.25, -0.2) is 14.5 Å². The molecule has 0 spiro atoms. The van der Waals surface area contributed by atoms with Crippen LogP contribution in [-0.2, 0) is 13.6 Å². The van der Waals surface area contributed by atoms with Crippen molar-refractivity contribution in [3.05, 3.63) is 57.9 Å². The smallest absolute Gasteiger partial charge is 0.350 e. The predicted octanol–water partition coefficient (Wildman–Crippen LogP) is 1.21. The van der Waals surface area contributed by atoms with Gasteiger partial charge in [0.1, 0.15) is 0 Å². The Hall–Kier alpha value is -3.49. The van der Waals surface area contributed by atoms with Crippen molar-refractivity contribution in [1.29, 1.82) is 0 Å². The van der Waals surface area contributed by atoms with Gasteiger partial charge in [-0.2, -0.15) is 5.10 Å². The largest absolute Gasteiger partial charge is 0.352 e. The van der Waals surface area contributed by atoms with Gasteiger partial charge in [-0.3, -0.25) is 13.9 Å². The zero-order valence-corrected chi connectivity index (χ0v) is 16.0. The van der Waals surface area contributed by atoms with Gasteiger partial charge in [0.05, 0.1) is 16.6 Å². The van der Waals surface area contributed by atoms with Crippen molar-refractivity contribution < 1.29 is 4.79 Å². The van der Waals surface area contributed by atoms with Gasteiger partial charge in [0, 0.05) is 32.0 Å². The first-order chi connectivity index (χ1) is 13.5. The van der Waals surface area contributed by atoms with E-state index in [4.69, 9.17) is 0 Å². The number of hydrogen-bond donors (Lipinski definition) is 1. The molecule has 4 aromatic heterocycles. The molecule has 4 aromatic rings. The van der Waals surface area contributed by atoms with Crippen molar-refractivity contribution in [1.82, 2.24) is 34.3 Å². The molecule has 1 amide bonds. The van der Waals surface area contributed by atoms with E-state index < -0.39 is 0 Å². The summed E-state index contributed by atoms with van der Waals surface area (Å²) in [4.78, 5) is 29.5. The van der Waals surface area contributed by atoms with Gasteiger partial charge in [-0.05, 0) is 38.5 Å². The zero-order chi connectivity index (χ0) is 19.8. The third-order valence-electron chi connectivity index (χ3n) is 4.66. The maximum Gasteiger partial charge on any atom is 0.350 e. The van der Waals surface area contributed by atoms with Crippen LogP contribution in [0.25, 0.3) is 16.7 Å². The number of aromatic nitrogens is 6. The standard InChI is InChI=1S/C19H21N7O2/c1-12-11-14(16-13(2)22-24(3)17(16)21-12)18(27)20-8-6-10-26-19(28)25-9-5-4-7-15(25)23-26/h4-5,7,9,11H,6,8,10H2,1-3H3,(H,20,27). The molecule has 0 fully saturated rings. The molecule has 0 radical (unpaired) electrons. The van der Waals surface area contributed by atoms with Gasteiger partial charge >= 0.3 is 5.69 Å². The first kappa shape index (κ1) is 17.9. The van der Waals surface area contributed by atoms with Gasteiger partial charge in [0.25, 0.3) is 5.91 Å². The van der Waals surface area contributed by atoms with E-state index in [1.807, 2.05) is 27.0 Å². The lowest BCUT2D eigenvalue weighted by atomic mass is 10.1. The number of carbonyl (C=O) groups excluding carboxylic acids is 1. The first-order valence-corrected chi connectivity index (χ1v) is 9.09. The molecule has 0 unspecified atom stereocenters. The number of hydrogen-bond acceptors (Lipinski definition) is 5. The van der Waals surface area contributed by atoms with Gasteiger partial charge in [-0.1, -0.05) is 6.07 Å². The average Bonchev–Trinajstić information content (AvgIpc) is 3.14. The number of rotatable bonds is 5. The summed E-state index contributed by atoms with van der Waals surface area (Å²) in [7, 11) is 1.82. The Bertz CT molecular complexity index is 1250. The van der Waals surface area contributed by atoms with E-state index in [2.05, 4.69) is 20.5 Å². The van der Waals surface area contributed by atoms with Crippen LogP contribution in [-0.4, -0.2) is 41.4 Å². The van der Waals surface area contributed by atoms with Crippen molar-refractivity contribution in [2.75, 3.05) is 6.54 Å². The second-order valence-electron chi connectivity index (χ2n) is 6.76. The summed E-state index contributed by atoms with van der Waals surface area (Å²) in [6.07, 6.45) is 2.28. The lowest BCUT2D eigenvalue weighted by Gasteiger charge is -2.07. The van der Waals surface area contributed by atoms with Crippen LogP contribution in [0.2, 0.25) is 0 Å². The highest BCUT2D eigenvalue weighted by Crippen LogP contribution is 2.21. The van der Waals surface area contributed by atoms with E-state index in [9.17, 15) is 9.59 Å². The molecule has 0 aliphatic rings. The van der Waals surface area contributed by atoms with E-state index in [1.165, 1.54) is 9.08 Å². The molecule has 0 aromatic carbocycles. The van der Waals surface area contributed by atoms with Crippen molar-refractivity contribution >= 4 is 22.6 Å². The fraction of sp³-hybridized carbons (Fsp3) is 0.316. The van der Waals surface area contributed by atoms with Crippen LogP contribution in [0, 0.1) is 13.8 Å². The summed E-state index contributed by atoms with van der Waals surface area (Å²) >= 11 is 0. The average molecular weight is 379 g/mol. The van der Waals surface area contributed by atoms with Crippen molar-refractivity contribution in [2.24, 2.45) is 7.05 Å². The zero-order valence-electron chi connectivity index (χ0n) is 16.0. The molecular weight excluding hydrogens is 358 g/mol. The molecule has 0 aliphatic carbocycles. The molecule has 0 atom stereocenters. The van der Waals surface area contributed by atoms with E-state index >= 15 is 0 Å². The monoisotopic (exact) mass is 379 g/mol. The number of amides is 1. The Morgan fingerprint density at radius 3 is 2.82 bits per heavy atom. The Balaban J connectivity index is 1.46. The number of nitrogens with one attached hydrogen (secondary N) is 1. The maximum atomic E-state index is 12.7. The Morgan fingerprint density at radius 1 is 1.21 bits per heavy atom. The van der Waals surface area contributed by atoms with Crippen LogP contribution < -0.4 is 11.0 Å². The number of aryl methyl sites for hydroxylation is 4. The summed E-state index contributed by atoms with van der Waals surface area (Å²) in [5, 5.41) is 12.3. The maximum absolute atomic E-state index is 12.7. The molecule has 1 N–H and O–H groups in total. The Morgan fingerprint density at radius 2 is 2.04 bits per heavy atom. The molecule has 9 nitrogen and oxygen atoms in total. The van der Waals surface area contributed by atoms with Crippen LogP contribution in [0.1, 0.15) is 28.2 Å². The lowest BCUT2D eigenvalue weighted by Crippen LogP contribution is -2.27. The molecule has 28 heavy (non-hydrogen) atoms. The highest BCUT2D eigenvalue weighted by atomic mass is 16.2. The number of fused-ring (bicyclic) bond motifs is 2. The minimum absolute atomic E-state index is 0.172. The van der Waals surface area contributed by atoms with Gasteiger partial charge in [0.2, 0.25) is 0 Å². The van der Waals surface area contributed by atoms with Gasteiger partial charge < -0.3 is 5.32 Å². The van der Waals surface area contributed by atoms with Crippen LogP contribution in [0.3, 0.4) is 0 Å². The normalized spacial score (nSPS) is 11.4. The highest BCUT2D eigenvalue weighted by molar-refractivity contribution is 6.06. The minimum Gasteiger partial charge on any atom is -0.352 e. The second kappa shape index (κ2) is 6.91. The molecule has 4 heterocycles. The van der Waals surface area contributed by atoms with Gasteiger partial charge in [-0.15, -0.1) is 5.10 Å². The van der Waals surface area contributed by atoms with Crippen LogP contribution in [0.4, 0.5) is 0 Å². The van der Waals surface area contributed by atoms with Gasteiger partial charge in [0.15, 0.2) is 11.3 Å². The van der Waals surface area contributed by atoms with E-state index in [0.717, 1.165) is 16.8 Å². The van der Waals surface area contributed by atoms with Crippen LogP contribution >= 0.6 is 0 Å². The second-order valence-corrected chi connectivity index (χ2v) is 6.76. The van der Waals surface area contributed by atoms with E-state index in [-0.39, 0.29) is 11.6 Å². The lowest BCUT2D eigenvalue weighted by molar-refractivity contribution is 0.0954. The number of carbonyl (C=O) groups is 1. The van der Waals surface area contributed by atoms with E-state index in [1.54, 1.807) is 29.1 Å². The summed E-state index contributed by atoms with van der Waals surface area (Å²) in [6.45, 7) is 4.58. The fourth-order valence-corrected chi connectivity index (χ4v) is 3.39. The number of pyridine rings is 2. The summed E-state index contributed by atoms with van der Waals surface area (Å²) < 4.78 is 4.60. The molecule has 0 bridgehead atoms. The molecule has 4 rings (SSSR count). The third-order valence-corrected chi connectivity index (χ3v) is 4.66. The van der Waals surface area contributed by atoms with Crippen LogP contribution in [0.15, 0.2) is 35.3 Å². The number of nitrogens with zero attached hydrogens (tertiary/aromatic N) is 6. The fourth-order valence-electron chi connectivity index (χ4n) is 3.39. The quantitative estimate of drug-likeness (QED) is 0.526. The Kier molecular flexibility index (Phi) is 4.42. The van der Waals surface area contributed by atoms with Crippen molar-refractivity contribution in [2.45, 2.75) is 26.8 Å². The topological polar surface area (TPSA) is 99.1 Å². The molecule has 0 aliphatic heterocycles. The minimum atomic E-state index is -0.181. The van der Waals surface area contributed by atoms with E-state index in [0.29, 0.717) is 36.4 Å². The summed E-state index contributed by atoms with van der Waals surface area (Å²) in [5.74, 6) is -0.172.